The summed E-state index contributed by atoms with van der Waals surface area (Å²) < 4.78 is 28.1. The molecule has 130 valence electrons. The standard InChI is InChI=1S/C18H20BF2N3O/c1-11-7-12(2)17(22-10-11)23-3-5-24(6-4-23)18(25)16-14(20)8-13(19)9-15(16)21/h7-10H,3-6,19H2,1-2H3. The van der Waals surface area contributed by atoms with Gasteiger partial charge in [0.2, 0.25) is 0 Å². The fraction of sp³-hybridized carbons (Fsp3) is 0.333. The molecule has 2 heterocycles. The van der Waals surface area contributed by atoms with Crippen LogP contribution in [-0.2, 0) is 0 Å². The molecule has 7 heteroatoms. The van der Waals surface area contributed by atoms with E-state index in [1.165, 1.54) is 17.0 Å². The number of amides is 1. The van der Waals surface area contributed by atoms with Crippen molar-refractivity contribution in [2.45, 2.75) is 13.8 Å². The maximum atomic E-state index is 14.0. The van der Waals surface area contributed by atoms with Crippen LogP contribution in [0.4, 0.5) is 14.6 Å². The van der Waals surface area contributed by atoms with E-state index in [0.717, 1.165) is 16.9 Å². The number of pyridine rings is 1. The molecule has 1 saturated heterocycles. The molecule has 1 amide bonds. The molecule has 4 nitrogen and oxygen atoms in total. The normalized spacial score (nSPS) is 14.7. The Morgan fingerprint density at radius 2 is 1.68 bits per heavy atom. The van der Waals surface area contributed by atoms with Crippen LogP contribution < -0.4 is 10.4 Å². The second-order valence-corrected chi connectivity index (χ2v) is 6.54. The van der Waals surface area contributed by atoms with Gasteiger partial charge in [-0.25, -0.2) is 13.8 Å². The molecule has 0 radical (unpaired) electrons. The number of nitrogens with zero attached hydrogens (tertiary/aromatic N) is 3. The number of aryl methyl sites for hydroxylation is 2. The highest BCUT2D eigenvalue weighted by molar-refractivity contribution is 6.32. The number of benzene rings is 1. The van der Waals surface area contributed by atoms with Gasteiger partial charge in [-0.15, -0.1) is 0 Å². The summed E-state index contributed by atoms with van der Waals surface area (Å²) in [4.78, 5) is 20.6. The number of hydrogen-bond acceptors (Lipinski definition) is 3. The van der Waals surface area contributed by atoms with Crippen molar-refractivity contribution in [2.75, 3.05) is 31.1 Å². The lowest BCUT2D eigenvalue weighted by Gasteiger charge is -2.36. The predicted octanol–water partition coefficient (Wildman–Crippen LogP) is 1.20. The van der Waals surface area contributed by atoms with Crippen molar-refractivity contribution >= 4 is 25.0 Å². The highest BCUT2D eigenvalue weighted by atomic mass is 19.1. The third-order valence-corrected chi connectivity index (χ3v) is 4.45. The first-order valence-corrected chi connectivity index (χ1v) is 8.30. The van der Waals surface area contributed by atoms with Crippen molar-refractivity contribution in [2.24, 2.45) is 0 Å². The van der Waals surface area contributed by atoms with Crippen molar-refractivity contribution in [3.05, 3.63) is 52.7 Å². The Kier molecular flexibility index (Phi) is 4.74. The second-order valence-electron chi connectivity index (χ2n) is 6.54. The van der Waals surface area contributed by atoms with E-state index in [-0.39, 0.29) is 0 Å². The number of carbonyl (C=O) groups is 1. The molecule has 1 fully saturated rings. The van der Waals surface area contributed by atoms with E-state index in [1.54, 1.807) is 7.85 Å². The molecule has 0 N–H and O–H groups in total. The van der Waals surface area contributed by atoms with Crippen LogP contribution in [0.2, 0.25) is 0 Å². The Labute approximate surface area is 146 Å². The lowest BCUT2D eigenvalue weighted by atomic mass is 9.94. The number of anilines is 1. The Balaban J connectivity index is 1.73. The van der Waals surface area contributed by atoms with Crippen molar-refractivity contribution in [3.8, 4) is 0 Å². The summed E-state index contributed by atoms with van der Waals surface area (Å²) in [7, 11) is 1.59. The first kappa shape index (κ1) is 17.4. The van der Waals surface area contributed by atoms with E-state index in [9.17, 15) is 13.6 Å². The Morgan fingerprint density at radius 3 is 2.24 bits per heavy atom. The molecule has 3 rings (SSSR count). The maximum Gasteiger partial charge on any atom is 0.259 e. The van der Waals surface area contributed by atoms with Crippen LogP contribution in [0.25, 0.3) is 0 Å². The maximum absolute atomic E-state index is 14.0. The van der Waals surface area contributed by atoms with Crippen LogP contribution in [0.15, 0.2) is 24.4 Å². The zero-order valence-corrected chi connectivity index (χ0v) is 14.6. The Bertz CT molecular complexity index is 797. The van der Waals surface area contributed by atoms with Crippen molar-refractivity contribution in [3.63, 3.8) is 0 Å². The minimum Gasteiger partial charge on any atom is -0.353 e. The smallest absolute Gasteiger partial charge is 0.259 e. The van der Waals surface area contributed by atoms with Crippen LogP contribution in [0.5, 0.6) is 0 Å². The first-order valence-electron chi connectivity index (χ1n) is 8.30. The lowest BCUT2D eigenvalue weighted by Crippen LogP contribution is -2.49. The number of piperazine rings is 1. The number of hydrogen-bond donors (Lipinski definition) is 0. The van der Waals surface area contributed by atoms with E-state index in [0.29, 0.717) is 31.6 Å². The third-order valence-electron chi connectivity index (χ3n) is 4.45. The summed E-state index contributed by atoms with van der Waals surface area (Å²) in [5.74, 6) is -1.31. The predicted molar refractivity (Wildman–Crippen MR) is 96.4 cm³/mol. The number of carbonyl (C=O) groups excluding carboxylic acids is 1. The molecule has 1 aromatic carbocycles. The summed E-state index contributed by atoms with van der Waals surface area (Å²) >= 11 is 0. The number of aromatic nitrogens is 1. The Morgan fingerprint density at radius 1 is 1.08 bits per heavy atom. The van der Waals surface area contributed by atoms with Gasteiger partial charge in [0.1, 0.15) is 30.9 Å². The van der Waals surface area contributed by atoms with Gasteiger partial charge >= 0.3 is 0 Å². The summed E-state index contributed by atoms with van der Waals surface area (Å²) in [6.07, 6.45) is 1.82. The van der Waals surface area contributed by atoms with Crippen molar-refractivity contribution in [1.29, 1.82) is 0 Å². The number of halogens is 2. The van der Waals surface area contributed by atoms with Crippen molar-refractivity contribution in [1.82, 2.24) is 9.88 Å². The molecular formula is C18H20BF2N3O. The molecule has 0 unspecified atom stereocenters. The quantitative estimate of drug-likeness (QED) is 0.769. The average molecular weight is 343 g/mol. The molecule has 0 bridgehead atoms. The molecular weight excluding hydrogens is 323 g/mol. The molecule has 1 aliphatic heterocycles. The summed E-state index contributed by atoms with van der Waals surface area (Å²) in [6.45, 7) is 5.96. The molecule has 25 heavy (non-hydrogen) atoms. The minimum atomic E-state index is -0.805. The molecule has 0 saturated carbocycles. The minimum absolute atomic E-state index is 0.403. The lowest BCUT2D eigenvalue weighted by molar-refractivity contribution is 0.0736. The number of rotatable bonds is 2. The largest absolute Gasteiger partial charge is 0.353 e. The van der Waals surface area contributed by atoms with Crippen LogP contribution in [0.1, 0.15) is 21.5 Å². The van der Waals surface area contributed by atoms with Gasteiger partial charge in [0.15, 0.2) is 0 Å². The van der Waals surface area contributed by atoms with Gasteiger partial charge in [0, 0.05) is 32.4 Å². The summed E-state index contributed by atoms with van der Waals surface area (Å²) in [6, 6.07) is 4.44. The molecule has 2 aromatic rings. The van der Waals surface area contributed by atoms with Crippen LogP contribution in [0.3, 0.4) is 0 Å². The van der Waals surface area contributed by atoms with Crippen LogP contribution >= 0.6 is 0 Å². The van der Waals surface area contributed by atoms with E-state index < -0.39 is 23.1 Å². The SMILES string of the molecule is Bc1cc(F)c(C(=O)N2CCN(c3ncc(C)cc3C)CC2)c(F)c1. The molecule has 0 aliphatic carbocycles. The van der Waals surface area contributed by atoms with Gasteiger partial charge in [-0.1, -0.05) is 11.5 Å². The monoisotopic (exact) mass is 343 g/mol. The van der Waals surface area contributed by atoms with Crippen LogP contribution in [-0.4, -0.2) is 49.8 Å². The second kappa shape index (κ2) is 6.82. The zero-order valence-electron chi connectivity index (χ0n) is 14.6. The van der Waals surface area contributed by atoms with E-state index >= 15 is 0 Å². The van der Waals surface area contributed by atoms with Gasteiger partial charge in [-0.3, -0.25) is 4.79 Å². The van der Waals surface area contributed by atoms with Gasteiger partial charge in [-0.2, -0.15) is 0 Å². The topological polar surface area (TPSA) is 36.4 Å². The highest BCUT2D eigenvalue weighted by Gasteiger charge is 2.27. The van der Waals surface area contributed by atoms with E-state index in [2.05, 4.69) is 16.0 Å². The molecule has 1 aromatic heterocycles. The van der Waals surface area contributed by atoms with Crippen LogP contribution in [0, 0.1) is 25.5 Å². The summed E-state index contributed by atoms with van der Waals surface area (Å²) in [5, 5.41) is 0. The fourth-order valence-electron chi connectivity index (χ4n) is 3.22. The van der Waals surface area contributed by atoms with Gasteiger partial charge < -0.3 is 9.80 Å². The first-order chi connectivity index (χ1) is 11.9. The van der Waals surface area contributed by atoms with E-state index in [1.807, 2.05) is 20.0 Å². The highest BCUT2D eigenvalue weighted by Crippen LogP contribution is 2.21. The van der Waals surface area contributed by atoms with Gasteiger partial charge in [0.25, 0.3) is 5.91 Å². The van der Waals surface area contributed by atoms with Gasteiger partial charge in [-0.05, 0) is 37.1 Å². The molecule has 1 aliphatic rings. The third kappa shape index (κ3) is 3.50. The fourth-order valence-corrected chi connectivity index (χ4v) is 3.22. The molecule has 0 atom stereocenters. The average Bonchev–Trinajstić information content (AvgIpc) is 2.54. The Hall–Kier alpha value is -2.44. The zero-order chi connectivity index (χ0) is 18.1. The van der Waals surface area contributed by atoms with Gasteiger partial charge in [0.05, 0.1) is 0 Å². The van der Waals surface area contributed by atoms with E-state index in [4.69, 9.17) is 0 Å². The molecule has 0 spiro atoms. The van der Waals surface area contributed by atoms with Crippen molar-refractivity contribution < 1.29 is 13.6 Å². The summed E-state index contributed by atoms with van der Waals surface area (Å²) in [5.41, 5.74) is 2.16.